The van der Waals surface area contributed by atoms with Crippen LogP contribution in [0.5, 0.6) is 11.5 Å². The van der Waals surface area contributed by atoms with Crippen LogP contribution in [0.15, 0.2) is 88.6 Å². The van der Waals surface area contributed by atoms with Crippen molar-refractivity contribution in [2.24, 2.45) is 0 Å². The van der Waals surface area contributed by atoms with Crippen molar-refractivity contribution in [2.75, 3.05) is 18.1 Å². The molecule has 6 heteroatoms. The van der Waals surface area contributed by atoms with E-state index in [2.05, 4.69) is 6.58 Å². The maximum absolute atomic E-state index is 13.7. The molecule has 3 aromatic carbocycles. The maximum Gasteiger partial charge on any atom is 0.295 e. The Morgan fingerprint density at radius 2 is 1.66 bits per heavy atom. The van der Waals surface area contributed by atoms with Crippen LogP contribution < -0.4 is 19.8 Å². The predicted molar refractivity (Wildman–Crippen MR) is 136 cm³/mol. The Labute approximate surface area is 203 Å². The van der Waals surface area contributed by atoms with Crippen LogP contribution in [-0.2, 0) is 0 Å². The second-order valence-corrected chi connectivity index (χ2v) is 8.35. The zero-order valence-corrected chi connectivity index (χ0v) is 19.6. The zero-order valence-electron chi connectivity index (χ0n) is 19.6. The SMILES string of the molecule is C=CCOc1ccc(C2c3c(oc4ccc(C)cc4c3=O)C(=O)N2c2ccc(OCC)cc2)cc1. The summed E-state index contributed by atoms with van der Waals surface area (Å²) in [6, 6.07) is 19.4. The summed E-state index contributed by atoms with van der Waals surface area (Å²) in [5, 5.41) is 0.459. The van der Waals surface area contributed by atoms with Crippen LogP contribution in [0.2, 0.25) is 0 Å². The van der Waals surface area contributed by atoms with Crippen molar-refractivity contribution in [3.05, 3.63) is 112 Å². The van der Waals surface area contributed by atoms with E-state index in [4.69, 9.17) is 13.9 Å². The molecule has 0 saturated carbocycles. The molecule has 0 aliphatic carbocycles. The van der Waals surface area contributed by atoms with E-state index in [0.29, 0.717) is 46.9 Å². The molecule has 0 radical (unpaired) electrons. The Morgan fingerprint density at radius 1 is 0.971 bits per heavy atom. The Hall–Kier alpha value is -4.32. The normalized spacial score (nSPS) is 14.7. The van der Waals surface area contributed by atoms with Gasteiger partial charge in [0.2, 0.25) is 5.76 Å². The van der Waals surface area contributed by atoms with E-state index in [1.54, 1.807) is 23.1 Å². The fraction of sp³-hybridized carbons (Fsp3) is 0.172. The fourth-order valence-electron chi connectivity index (χ4n) is 4.44. The average Bonchev–Trinajstić information content (AvgIpc) is 3.16. The smallest absolute Gasteiger partial charge is 0.295 e. The number of amides is 1. The number of carbonyl (C=O) groups is 1. The standard InChI is InChI=1S/C29H25NO5/c1-4-16-34-22-11-7-19(8-12-22)26-25-27(31)23-17-18(3)6-15-24(23)35-28(25)29(32)30(26)20-9-13-21(14-10-20)33-5-2/h4,6-15,17,26H,1,5,16H2,2-3H3. The van der Waals surface area contributed by atoms with Crippen molar-refractivity contribution in [1.29, 1.82) is 0 Å². The largest absolute Gasteiger partial charge is 0.494 e. The van der Waals surface area contributed by atoms with Gasteiger partial charge in [0.15, 0.2) is 5.43 Å². The molecule has 0 N–H and O–H groups in total. The number of nitrogens with zero attached hydrogens (tertiary/aromatic N) is 1. The van der Waals surface area contributed by atoms with Crippen LogP contribution in [0.4, 0.5) is 5.69 Å². The van der Waals surface area contributed by atoms with Crippen molar-refractivity contribution in [2.45, 2.75) is 19.9 Å². The van der Waals surface area contributed by atoms with Crippen molar-refractivity contribution in [3.63, 3.8) is 0 Å². The van der Waals surface area contributed by atoms with Crippen LogP contribution in [0.25, 0.3) is 11.0 Å². The van der Waals surface area contributed by atoms with Gasteiger partial charge >= 0.3 is 0 Å². The highest BCUT2D eigenvalue weighted by Gasteiger charge is 2.43. The summed E-state index contributed by atoms with van der Waals surface area (Å²) in [4.78, 5) is 29.0. The Balaban J connectivity index is 1.68. The van der Waals surface area contributed by atoms with Crippen molar-refractivity contribution in [1.82, 2.24) is 0 Å². The molecule has 0 saturated heterocycles. The van der Waals surface area contributed by atoms with Crippen molar-refractivity contribution in [3.8, 4) is 11.5 Å². The minimum Gasteiger partial charge on any atom is -0.494 e. The van der Waals surface area contributed by atoms with E-state index in [1.807, 2.05) is 68.4 Å². The van der Waals surface area contributed by atoms with E-state index in [9.17, 15) is 9.59 Å². The van der Waals surface area contributed by atoms with Crippen LogP contribution in [0.3, 0.4) is 0 Å². The highest BCUT2D eigenvalue weighted by molar-refractivity contribution is 6.10. The van der Waals surface area contributed by atoms with E-state index in [1.165, 1.54) is 0 Å². The van der Waals surface area contributed by atoms with Gasteiger partial charge in [-0.25, -0.2) is 0 Å². The third-order valence-corrected chi connectivity index (χ3v) is 6.02. The van der Waals surface area contributed by atoms with Gasteiger partial charge in [-0.2, -0.15) is 0 Å². The minimum absolute atomic E-state index is 0.0669. The number of hydrogen-bond acceptors (Lipinski definition) is 5. The first-order chi connectivity index (χ1) is 17.0. The summed E-state index contributed by atoms with van der Waals surface area (Å²) in [5.74, 6) is 1.08. The summed E-state index contributed by atoms with van der Waals surface area (Å²) in [6.07, 6.45) is 1.67. The van der Waals surface area contributed by atoms with Gasteiger partial charge in [-0.3, -0.25) is 14.5 Å². The molecule has 1 amide bonds. The summed E-state index contributed by atoms with van der Waals surface area (Å²) in [5.41, 5.74) is 2.88. The monoisotopic (exact) mass is 467 g/mol. The third kappa shape index (κ3) is 3.97. The molecule has 6 nitrogen and oxygen atoms in total. The molecule has 1 unspecified atom stereocenters. The number of anilines is 1. The van der Waals surface area contributed by atoms with E-state index in [-0.39, 0.29) is 17.1 Å². The van der Waals surface area contributed by atoms with Gasteiger partial charge in [0.1, 0.15) is 23.7 Å². The molecule has 1 aromatic heterocycles. The highest BCUT2D eigenvalue weighted by Crippen LogP contribution is 2.42. The lowest BCUT2D eigenvalue weighted by Crippen LogP contribution is -2.29. The highest BCUT2D eigenvalue weighted by atomic mass is 16.5. The number of fused-ring (bicyclic) bond motifs is 2. The van der Waals surface area contributed by atoms with Gasteiger partial charge in [0.25, 0.3) is 5.91 Å². The Morgan fingerprint density at radius 3 is 2.34 bits per heavy atom. The lowest BCUT2D eigenvalue weighted by Gasteiger charge is -2.25. The lowest BCUT2D eigenvalue weighted by atomic mass is 9.97. The molecule has 0 spiro atoms. The van der Waals surface area contributed by atoms with Crippen molar-refractivity contribution >= 4 is 22.6 Å². The summed E-state index contributed by atoms with van der Waals surface area (Å²) in [7, 11) is 0. The predicted octanol–water partition coefficient (Wildman–Crippen LogP) is 5.81. The number of hydrogen-bond donors (Lipinski definition) is 0. The minimum atomic E-state index is -0.648. The maximum atomic E-state index is 13.7. The first-order valence-electron chi connectivity index (χ1n) is 11.5. The molecular weight excluding hydrogens is 442 g/mol. The van der Waals surface area contributed by atoms with Crippen LogP contribution in [0, 0.1) is 6.92 Å². The molecule has 35 heavy (non-hydrogen) atoms. The van der Waals surface area contributed by atoms with Crippen LogP contribution in [0.1, 0.15) is 40.2 Å². The number of benzene rings is 3. The second kappa shape index (κ2) is 9.14. The van der Waals surface area contributed by atoms with E-state index >= 15 is 0 Å². The molecule has 0 fully saturated rings. The van der Waals surface area contributed by atoms with Gasteiger partial charge in [-0.15, -0.1) is 0 Å². The molecule has 2 heterocycles. The molecule has 0 bridgehead atoms. The van der Waals surface area contributed by atoms with Gasteiger partial charge < -0.3 is 13.9 Å². The Bertz CT molecular complexity index is 1470. The topological polar surface area (TPSA) is 69.0 Å². The average molecular weight is 468 g/mol. The number of aryl methyl sites for hydroxylation is 1. The first-order valence-corrected chi connectivity index (χ1v) is 11.5. The number of ether oxygens (including phenoxy) is 2. The van der Waals surface area contributed by atoms with Gasteiger partial charge in [-0.05, 0) is 67.9 Å². The molecule has 1 atom stereocenters. The zero-order chi connectivity index (χ0) is 24.5. The summed E-state index contributed by atoms with van der Waals surface area (Å²) in [6.45, 7) is 8.43. The quantitative estimate of drug-likeness (QED) is 0.321. The number of rotatable bonds is 7. The molecular formula is C29H25NO5. The van der Waals surface area contributed by atoms with Crippen LogP contribution >= 0.6 is 0 Å². The van der Waals surface area contributed by atoms with E-state index < -0.39 is 6.04 Å². The molecule has 5 rings (SSSR count). The molecule has 1 aliphatic heterocycles. The van der Waals surface area contributed by atoms with Gasteiger partial charge in [-0.1, -0.05) is 36.4 Å². The molecule has 1 aliphatic rings. The fourth-order valence-corrected chi connectivity index (χ4v) is 4.44. The lowest BCUT2D eigenvalue weighted by molar-refractivity contribution is 0.0971. The van der Waals surface area contributed by atoms with Gasteiger partial charge in [0, 0.05) is 5.69 Å². The summed E-state index contributed by atoms with van der Waals surface area (Å²) >= 11 is 0. The van der Waals surface area contributed by atoms with Crippen LogP contribution in [-0.4, -0.2) is 19.1 Å². The summed E-state index contributed by atoms with van der Waals surface area (Å²) < 4.78 is 17.2. The second-order valence-electron chi connectivity index (χ2n) is 8.35. The third-order valence-electron chi connectivity index (χ3n) is 6.02. The Kier molecular flexibility index (Phi) is 5.87. The van der Waals surface area contributed by atoms with Gasteiger partial charge in [0.05, 0.1) is 23.6 Å². The first kappa shape index (κ1) is 22.5. The van der Waals surface area contributed by atoms with E-state index in [0.717, 1.165) is 11.1 Å². The molecule has 176 valence electrons. The van der Waals surface area contributed by atoms with Crippen molar-refractivity contribution < 1.29 is 18.7 Å². The number of carbonyl (C=O) groups excluding carboxylic acids is 1. The molecule has 4 aromatic rings.